The number of carbonyl (C=O) groups is 1. The second-order valence-electron chi connectivity index (χ2n) is 6.13. The number of likely N-dealkylation sites (N-methyl/N-ethyl adjacent to an activating group) is 1. The molecule has 1 amide bonds. The number of aryl methyl sites for hydroxylation is 1. The van der Waals surface area contributed by atoms with Gasteiger partial charge in [0.1, 0.15) is 0 Å². The Labute approximate surface area is 139 Å². The van der Waals surface area contributed by atoms with Crippen LogP contribution in [-0.4, -0.2) is 34.5 Å². The van der Waals surface area contributed by atoms with E-state index >= 15 is 0 Å². The third kappa shape index (κ3) is 4.22. The van der Waals surface area contributed by atoms with Crippen molar-refractivity contribution in [1.82, 2.24) is 4.90 Å². The second-order valence-corrected chi connectivity index (χ2v) is 6.13. The van der Waals surface area contributed by atoms with Crippen molar-refractivity contribution in [2.45, 2.75) is 51.2 Å². The molecule has 5 heteroatoms. The molecule has 1 fully saturated rings. The lowest BCUT2D eigenvalue weighted by molar-refractivity contribution is -0.138. The summed E-state index contributed by atoms with van der Waals surface area (Å²) in [5.41, 5.74) is 7.51. The zero-order chi connectivity index (χ0) is 15.5. The van der Waals surface area contributed by atoms with Crippen molar-refractivity contribution in [1.29, 1.82) is 0 Å². The molecule has 22 heavy (non-hydrogen) atoms. The van der Waals surface area contributed by atoms with Crippen LogP contribution in [-0.2, 0) is 4.79 Å². The quantitative estimate of drug-likeness (QED) is 0.874. The lowest BCUT2D eigenvalue weighted by Gasteiger charge is -2.32. The molecule has 1 atom stereocenters. The number of amides is 1. The van der Waals surface area contributed by atoms with E-state index in [2.05, 4.69) is 0 Å². The molecule has 1 aromatic carbocycles. The molecule has 0 aliphatic heterocycles. The van der Waals surface area contributed by atoms with Crippen LogP contribution >= 0.6 is 12.4 Å². The van der Waals surface area contributed by atoms with Gasteiger partial charge in [0.25, 0.3) is 0 Å². The normalized spacial score (nSPS) is 17.6. The summed E-state index contributed by atoms with van der Waals surface area (Å²) in [7, 11) is 0. The average Bonchev–Trinajstić information content (AvgIpc) is 2.92. The number of aliphatic hydroxyl groups is 1. The minimum atomic E-state index is -0.719. The Kier molecular flexibility index (Phi) is 6.85. The molecule has 2 rings (SSSR count). The lowest BCUT2D eigenvalue weighted by atomic mass is 9.96. The van der Waals surface area contributed by atoms with Crippen molar-refractivity contribution in [3.63, 3.8) is 0 Å². The number of nitrogens with zero attached hydrogens (tertiary/aromatic N) is 1. The fourth-order valence-electron chi connectivity index (χ4n) is 2.99. The van der Waals surface area contributed by atoms with Gasteiger partial charge in [-0.15, -0.1) is 12.4 Å². The van der Waals surface area contributed by atoms with Crippen molar-refractivity contribution in [2.75, 3.05) is 13.1 Å². The molecule has 0 spiro atoms. The number of nitrogens with two attached hydrogens (primary N) is 1. The maximum Gasteiger partial charge on any atom is 0.242 e. The van der Waals surface area contributed by atoms with E-state index in [1.807, 2.05) is 38.1 Å². The molecule has 124 valence electrons. The highest BCUT2D eigenvalue weighted by Gasteiger charge is 2.39. The third-order valence-corrected chi connectivity index (χ3v) is 4.45. The first-order chi connectivity index (χ1) is 9.96. The van der Waals surface area contributed by atoms with E-state index < -0.39 is 11.6 Å². The maximum atomic E-state index is 12.6. The average molecular weight is 327 g/mol. The molecule has 1 aromatic rings. The first kappa shape index (κ1) is 18.9. The molecular formula is C17H27ClN2O2. The summed E-state index contributed by atoms with van der Waals surface area (Å²) in [5.74, 6) is -0.0198. The first-order valence-electron chi connectivity index (χ1n) is 7.79. The largest absolute Gasteiger partial charge is 0.387 e. The summed E-state index contributed by atoms with van der Waals surface area (Å²) in [6.45, 7) is 4.81. The van der Waals surface area contributed by atoms with Gasteiger partial charge in [-0.05, 0) is 32.3 Å². The third-order valence-electron chi connectivity index (χ3n) is 4.45. The Bertz CT molecular complexity index is 484. The van der Waals surface area contributed by atoms with Crippen LogP contribution in [0.2, 0.25) is 0 Å². The molecule has 0 radical (unpaired) electrons. The highest BCUT2D eigenvalue weighted by Crippen LogP contribution is 2.29. The van der Waals surface area contributed by atoms with Crippen molar-refractivity contribution < 1.29 is 9.90 Å². The van der Waals surface area contributed by atoms with E-state index in [-0.39, 0.29) is 18.3 Å². The summed E-state index contributed by atoms with van der Waals surface area (Å²) >= 11 is 0. The second kappa shape index (κ2) is 7.95. The van der Waals surface area contributed by atoms with Gasteiger partial charge in [0, 0.05) is 6.54 Å². The molecule has 1 aliphatic rings. The zero-order valence-corrected chi connectivity index (χ0v) is 14.2. The molecular weight excluding hydrogens is 300 g/mol. The van der Waals surface area contributed by atoms with Gasteiger partial charge in [-0.2, -0.15) is 0 Å². The topological polar surface area (TPSA) is 66.6 Å². The molecule has 1 aliphatic carbocycles. The summed E-state index contributed by atoms with van der Waals surface area (Å²) in [4.78, 5) is 14.3. The van der Waals surface area contributed by atoms with Gasteiger partial charge in [-0.3, -0.25) is 4.79 Å². The predicted molar refractivity (Wildman–Crippen MR) is 91.0 cm³/mol. The van der Waals surface area contributed by atoms with Crippen LogP contribution in [0, 0.1) is 6.92 Å². The molecule has 4 nitrogen and oxygen atoms in total. The fourth-order valence-corrected chi connectivity index (χ4v) is 2.99. The van der Waals surface area contributed by atoms with E-state index in [1.54, 1.807) is 4.90 Å². The number of carbonyl (C=O) groups excluding carboxylic acids is 1. The zero-order valence-electron chi connectivity index (χ0n) is 13.4. The molecule has 0 saturated heterocycles. The minimum Gasteiger partial charge on any atom is -0.387 e. The Balaban J connectivity index is 0.00000242. The Hall–Kier alpha value is -1.10. The van der Waals surface area contributed by atoms with Gasteiger partial charge >= 0.3 is 0 Å². The van der Waals surface area contributed by atoms with Gasteiger partial charge < -0.3 is 15.7 Å². The van der Waals surface area contributed by atoms with E-state index in [9.17, 15) is 9.90 Å². The Morgan fingerprint density at radius 3 is 2.36 bits per heavy atom. The first-order valence-corrected chi connectivity index (χ1v) is 7.79. The van der Waals surface area contributed by atoms with Crippen LogP contribution < -0.4 is 5.73 Å². The fraction of sp³-hybridized carbons (Fsp3) is 0.588. The molecule has 3 N–H and O–H groups in total. The van der Waals surface area contributed by atoms with Crippen LogP contribution in [0.25, 0.3) is 0 Å². The van der Waals surface area contributed by atoms with Gasteiger partial charge in [-0.1, -0.05) is 42.7 Å². The monoisotopic (exact) mass is 326 g/mol. The summed E-state index contributed by atoms with van der Waals surface area (Å²) in [6, 6.07) is 7.76. The minimum absolute atomic E-state index is 0. The molecule has 0 aromatic heterocycles. The number of halogens is 1. The molecule has 1 unspecified atom stereocenters. The van der Waals surface area contributed by atoms with Gasteiger partial charge in [-0.25, -0.2) is 0 Å². The van der Waals surface area contributed by atoms with E-state index in [4.69, 9.17) is 5.73 Å². The van der Waals surface area contributed by atoms with E-state index in [0.717, 1.165) is 36.8 Å². The number of rotatable bonds is 5. The number of benzene rings is 1. The summed E-state index contributed by atoms with van der Waals surface area (Å²) in [6.07, 6.45) is 2.87. The van der Waals surface area contributed by atoms with Gasteiger partial charge in [0.05, 0.1) is 18.2 Å². The highest BCUT2D eigenvalue weighted by molar-refractivity contribution is 5.86. The van der Waals surface area contributed by atoms with Crippen molar-refractivity contribution in [3.05, 3.63) is 35.4 Å². The smallest absolute Gasteiger partial charge is 0.242 e. The van der Waals surface area contributed by atoms with E-state index in [1.165, 1.54) is 0 Å². The van der Waals surface area contributed by atoms with Gasteiger partial charge in [0.2, 0.25) is 5.91 Å². The van der Waals surface area contributed by atoms with E-state index in [0.29, 0.717) is 13.1 Å². The van der Waals surface area contributed by atoms with Crippen molar-refractivity contribution >= 4 is 18.3 Å². The summed E-state index contributed by atoms with van der Waals surface area (Å²) in [5, 5.41) is 10.4. The van der Waals surface area contributed by atoms with Crippen LogP contribution in [0.1, 0.15) is 49.8 Å². The molecule has 0 bridgehead atoms. The van der Waals surface area contributed by atoms with Crippen molar-refractivity contribution in [2.24, 2.45) is 5.73 Å². The van der Waals surface area contributed by atoms with Crippen molar-refractivity contribution in [3.8, 4) is 0 Å². The van der Waals surface area contributed by atoms with Crippen LogP contribution in [0.5, 0.6) is 0 Å². The Morgan fingerprint density at radius 2 is 1.86 bits per heavy atom. The Morgan fingerprint density at radius 1 is 1.32 bits per heavy atom. The van der Waals surface area contributed by atoms with Crippen LogP contribution in [0.15, 0.2) is 24.3 Å². The standard InChI is InChI=1S/C17H26N2O2.ClH/c1-3-19(16(21)17(18)10-4-5-11-17)12-15(20)14-8-6-13(2)7-9-14;/h6-9,15,20H,3-5,10-12,18H2,1-2H3;1H. The lowest BCUT2D eigenvalue weighted by Crippen LogP contribution is -2.54. The maximum absolute atomic E-state index is 12.6. The van der Waals surface area contributed by atoms with Gasteiger partial charge in [0.15, 0.2) is 0 Å². The number of aliphatic hydroxyl groups excluding tert-OH is 1. The van der Waals surface area contributed by atoms with Crippen LogP contribution in [0.3, 0.4) is 0 Å². The summed E-state index contributed by atoms with van der Waals surface area (Å²) < 4.78 is 0. The molecule has 1 saturated carbocycles. The number of hydrogen-bond donors (Lipinski definition) is 2. The highest BCUT2D eigenvalue weighted by atomic mass is 35.5. The SMILES string of the molecule is CCN(CC(O)c1ccc(C)cc1)C(=O)C1(N)CCCC1.Cl. The molecule has 0 heterocycles. The predicted octanol–water partition coefficient (Wildman–Crippen LogP) is 2.57. The number of hydrogen-bond acceptors (Lipinski definition) is 3. The van der Waals surface area contributed by atoms with Crippen LogP contribution in [0.4, 0.5) is 0 Å².